The predicted molar refractivity (Wildman–Crippen MR) is 118 cm³/mol. The van der Waals surface area contributed by atoms with Crippen LogP contribution in [0.5, 0.6) is 11.5 Å². The lowest BCUT2D eigenvalue weighted by Gasteiger charge is -2.12. The maximum Gasteiger partial charge on any atom is 0.416 e. The van der Waals surface area contributed by atoms with E-state index in [-0.39, 0.29) is 23.2 Å². The van der Waals surface area contributed by atoms with Crippen LogP contribution in [0.2, 0.25) is 0 Å². The van der Waals surface area contributed by atoms with Gasteiger partial charge in [0, 0.05) is 11.7 Å². The van der Waals surface area contributed by atoms with E-state index in [2.05, 4.69) is 21.2 Å². The van der Waals surface area contributed by atoms with Crippen molar-refractivity contribution in [1.29, 1.82) is 0 Å². The minimum Gasteiger partial charge on any atom is -0.493 e. The third-order valence-electron chi connectivity index (χ3n) is 4.03. The third kappa shape index (κ3) is 8.11. The van der Waals surface area contributed by atoms with Gasteiger partial charge in [-0.25, -0.2) is 5.43 Å². The number of anilines is 1. The number of methoxy groups -OCH3 is 1. The molecule has 0 heterocycles. The molecule has 0 bridgehead atoms. The Morgan fingerprint density at radius 2 is 1.79 bits per heavy atom. The fourth-order valence-electron chi connectivity index (χ4n) is 2.54. The second-order valence-electron chi connectivity index (χ2n) is 7.15. The number of nitrogens with one attached hydrogen (secondary N) is 3. The first kappa shape index (κ1) is 26.2. The van der Waals surface area contributed by atoms with Gasteiger partial charge in [0.1, 0.15) is 0 Å². The Kier molecular flexibility index (Phi) is 8.99. The average molecular weight is 480 g/mol. The molecule has 182 valence electrons. The monoisotopic (exact) mass is 480 g/mol. The Hall–Kier alpha value is -4.09. The van der Waals surface area contributed by atoms with Crippen LogP contribution >= 0.6 is 0 Å². The molecule has 34 heavy (non-hydrogen) atoms. The van der Waals surface area contributed by atoms with Gasteiger partial charge in [-0.15, -0.1) is 0 Å². The molecule has 0 aliphatic rings. The van der Waals surface area contributed by atoms with Crippen molar-refractivity contribution < 1.29 is 37.0 Å². The lowest BCUT2D eigenvalue weighted by Crippen LogP contribution is -2.41. The molecular weight excluding hydrogens is 457 g/mol. The van der Waals surface area contributed by atoms with E-state index in [1.54, 1.807) is 19.9 Å². The Balaban J connectivity index is 1.95. The van der Waals surface area contributed by atoms with Gasteiger partial charge in [-0.3, -0.25) is 14.4 Å². The quantitative estimate of drug-likeness (QED) is 0.305. The zero-order chi connectivity index (χ0) is 25.3. The largest absolute Gasteiger partial charge is 0.493 e. The van der Waals surface area contributed by atoms with Crippen molar-refractivity contribution in [2.24, 2.45) is 5.10 Å². The molecule has 0 spiro atoms. The van der Waals surface area contributed by atoms with E-state index < -0.39 is 36.1 Å². The highest BCUT2D eigenvalue weighted by atomic mass is 19.4. The van der Waals surface area contributed by atoms with Gasteiger partial charge in [0.2, 0.25) is 0 Å². The number of carbonyl (C=O) groups is 3. The second kappa shape index (κ2) is 11.7. The average Bonchev–Trinajstić information content (AvgIpc) is 2.77. The Morgan fingerprint density at radius 1 is 1.06 bits per heavy atom. The van der Waals surface area contributed by atoms with Crippen LogP contribution in [0.15, 0.2) is 47.6 Å². The molecule has 0 fully saturated rings. The van der Waals surface area contributed by atoms with E-state index in [9.17, 15) is 27.6 Å². The number of hydrogen-bond acceptors (Lipinski definition) is 6. The summed E-state index contributed by atoms with van der Waals surface area (Å²) >= 11 is 0. The van der Waals surface area contributed by atoms with Gasteiger partial charge in [0.05, 0.1) is 18.9 Å². The SMILES string of the molecule is COc1cc(/C=N\NC(=O)C(=O)NC(C)C)ccc1OCC(=O)Nc1cccc(C(F)(F)F)c1. The highest BCUT2D eigenvalue weighted by Crippen LogP contribution is 2.31. The zero-order valence-electron chi connectivity index (χ0n) is 18.5. The number of benzene rings is 2. The van der Waals surface area contributed by atoms with E-state index in [0.717, 1.165) is 12.1 Å². The van der Waals surface area contributed by atoms with Crippen LogP contribution < -0.4 is 25.5 Å². The number of rotatable bonds is 8. The first-order chi connectivity index (χ1) is 16.0. The molecule has 0 radical (unpaired) electrons. The number of hydrogen-bond donors (Lipinski definition) is 3. The number of amides is 3. The van der Waals surface area contributed by atoms with E-state index in [1.165, 1.54) is 37.6 Å². The molecule has 9 nitrogen and oxygen atoms in total. The summed E-state index contributed by atoms with van der Waals surface area (Å²) in [5.74, 6) is -1.99. The third-order valence-corrected chi connectivity index (χ3v) is 4.03. The summed E-state index contributed by atoms with van der Waals surface area (Å²) in [7, 11) is 1.36. The van der Waals surface area contributed by atoms with Crippen LogP contribution in [0.1, 0.15) is 25.0 Å². The van der Waals surface area contributed by atoms with Crippen molar-refractivity contribution in [1.82, 2.24) is 10.7 Å². The van der Waals surface area contributed by atoms with Gasteiger partial charge in [0.25, 0.3) is 5.91 Å². The summed E-state index contributed by atoms with van der Waals surface area (Å²) in [6.07, 6.45) is -3.26. The molecule has 0 saturated heterocycles. The van der Waals surface area contributed by atoms with Crippen molar-refractivity contribution in [3.8, 4) is 11.5 Å². The number of ether oxygens (including phenoxy) is 2. The molecule has 0 aromatic heterocycles. The minimum atomic E-state index is -4.53. The summed E-state index contributed by atoms with van der Waals surface area (Å²) in [5.41, 5.74) is 1.67. The molecule has 2 aromatic rings. The van der Waals surface area contributed by atoms with E-state index in [0.29, 0.717) is 5.56 Å². The second-order valence-corrected chi connectivity index (χ2v) is 7.15. The van der Waals surface area contributed by atoms with Gasteiger partial charge in [-0.1, -0.05) is 6.07 Å². The molecule has 0 atom stereocenters. The maximum absolute atomic E-state index is 12.8. The first-order valence-corrected chi connectivity index (χ1v) is 9.91. The van der Waals surface area contributed by atoms with Gasteiger partial charge < -0.3 is 20.1 Å². The van der Waals surface area contributed by atoms with Gasteiger partial charge in [-0.2, -0.15) is 18.3 Å². The van der Waals surface area contributed by atoms with Crippen molar-refractivity contribution in [3.05, 3.63) is 53.6 Å². The van der Waals surface area contributed by atoms with E-state index in [1.807, 2.05) is 0 Å². The summed E-state index contributed by atoms with van der Waals surface area (Å²) in [5, 5.41) is 8.45. The summed E-state index contributed by atoms with van der Waals surface area (Å²) in [4.78, 5) is 35.2. The lowest BCUT2D eigenvalue weighted by molar-refractivity contribution is -0.139. The van der Waals surface area contributed by atoms with Gasteiger partial charge in [-0.05, 0) is 55.8 Å². The van der Waals surface area contributed by atoms with E-state index in [4.69, 9.17) is 9.47 Å². The number of alkyl halides is 3. The van der Waals surface area contributed by atoms with Crippen molar-refractivity contribution in [2.45, 2.75) is 26.1 Å². The molecule has 0 aliphatic heterocycles. The normalized spacial score (nSPS) is 11.3. The maximum atomic E-state index is 12.8. The molecule has 0 unspecified atom stereocenters. The van der Waals surface area contributed by atoms with E-state index >= 15 is 0 Å². The van der Waals surface area contributed by atoms with Gasteiger partial charge >= 0.3 is 18.0 Å². The molecule has 0 aliphatic carbocycles. The highest BCUT2D eigenvalue weighted by molar-refractivity contribution is 6.35. The number of hydrazone groups is 1. The van der Waals surface area contributed by atoms with Crippen LogP contribution in [0.3, 0.4) is 0 Å². The number of carbonyl (C=O) groups excluding carboxylic acids is 3. The standard InChI is InChI=1S/C22H23F3N4O5/c1-13(2)27-20(31)21(32)29-26-11-14-7-8-17(18(9-14)33-3)34-12-19(30)28-16-6-4-5-15(10-16)22(23,24)25/h4-11,13H,12H2,1-3H3,(H,27,31)(H,28,30)(H,29,32)/b26-11-. The molecule has 3 N–H and O–H groups in total. The Bertz CT molecular complexity index is 1070. The smallest absolute Gasteiger partial charge is 0.416 e. The van der Waals surface area contributed by atoms with Crippen LogP contribution in [-0.2, 0) is 20.6 Å². The van der Waals surface area contributed by atoms with Crippen molar-refractivity contribution in [3.63, 3.8) is 0 Å². The molecule has 2 rings (SSSR count). The van der Waals surface area contributed by atoms with Crippen molar-refractivity contribution >= 4 is 29.6 Å². The number of nitrogens with zero attached hydrogens (tertiary/aromatic N) is 1. The minimum absolute atomic E-state index is 0.0222. The first-order valence-electron chi connectivity index (χ1n) is 9.91. The van der Waals surface area contributed by atoms with Crippen LogP contribution in [0.4, 0.5) is 18.9 Å². The zero-order valence-corrected chi connectivity index (χ0v) is 18.5. The molecule has 12 heteroatoms. The van der Waals surface area contributed by atoms with Crippen LogP contribution in [0.25, 0.3) is 0 Å². The predicted octanol–water partition coefficient (Wildman–Crippen LogP) is 2.71. The highest BCUT2D eigenvalue weighted by Gasteiger charge is 2.30. The fraction of sp³-hybridized carbons (Fsp3) is 0.273. The van der Waals surface area contributed by atoms with Crippen LogP contribution in [-0.4, -0.2) is 43.7 Å². The number of halogens is 3. The summed E-state index contributed by atoms with van der Waals surface area (Å²) in [6.45, 7) is 2.93. The molecule has 0 saturated carbocycles. The summed E-state index contributed by atoms with van der Waals surface area (Å²) in [6, 6.07) is 8.55. The van der Waals surface area contributed by atoms with Gasteiger partial charge in [0.15, 0.2) is 18.1 Å². The fourth-order valence-corrected chi connectivity index (χ4v) is 2.54. The molecule has 2 aromatic carbocycles. The Morgan fingerprint density at radius 3 is 2.44 bits per heavy atom. The van der Waals surface area contributed by atoms with Crippen LogP contribution in [0, 0.1) is 0 Å². The Labute approximate surface area is 193 Å². The summed E-state index contributed by atoms with van der Waals surface area (Å²) < 4.78 is 49.0. The molecular formula is C22H23F3N4O5. The topological polar surface area (TPSA) is 118 Å². The molecule has 3 amide bonds. The van der Waals surface area contributed by atoms with Crippen molar-refractivity contribution in [2.75, 3.05) is 19.0 Å². The lowest BCUT2D eigenvalue weighted by atomic mass is 10.2.